The number of ether oxygens (including phenoxy) is 2. The van der Waals surface area contributed by atoms with Crippen LogP contribution in [-0.2, 0) is 4.74 Å². The lowest BCUT2D eigenvalue weighted by Gasteiger charge is -2.26. The first-order valence-corrected chi connectivity index (χ1v) is 4.91. The summed E-state index contributed by atoms with van der Waals surface area (Å²) in [4.78, 5) is 4.17. The lowest BCUT2D eigenvalue weighted by Crippen LogP contribution is -2.38. The second-order valence-corrected chi connectivity index (χ2v) is 3.93. The van der Waals surface area contributed by atoms with Gasteiger partial charge in [0.05, 0.1) is 17.7 Å². The van der Waals surface area contributed by atoms with Gasteiger partial charge in [0.2, 0.25) is 5.88 Å². The van der Waals surface area contributed by atoms with E-state index in [-0.39, 0.29) is 6.10 Å². The van der Waals surface area contributed by atoms with Crippen molar-refractivity contribution >= 4 is 15.9 Å². The molecule has 0 radical (unpaired) electrons. The van der Waals surface area contributed by atoms with E-state index in [1.165, 1.54) is 0 Å². The molecule has 1 aliphatic heterocycles. The number of aromatic nitrogens is 1. The Hall–Kier alpha value is -0.610. The zero-order valence-electron chi connectivity index (χ0n) is 7.29. The molecule has 2 rings (SSSR count). The van der Waals surface area contributed by atoms with Crippen molar-refractivity contribution in [1.82, 2.24) is 4.98 Å². The molecule has 3 nitrogen and oxygen atoms in total. The average Bonchev–Trinajstić information content (AvgIpc) is 1.99. The Morgan fingerprint density at radius 1 is 1.62 bits per heavy atom. The van der Waals surface area contributed by atoms with Crippen LogP contribution in [0.2, 0.25) is 0 Å². The molecule has 0 aliphatic carbocycles. The van der Waals surface area contributed by atoms with Crippen LogP contribution in [0.25, 0.3) is 0 Å². The molecule has 0 aromatic carbocycles. The smallest absolute Gasteiger partial charge is 0.228 e. The third-order valence-electron chi connectivity index (χ3n) is 1.83. The van der Waals surface area contributed by atoms with Gasteiger partial charge in [-0.2, -0.15) is 0 Å². The average molecular weight is 244 g/mol. The molecule has 0 N–H and O–H groups in total. The van der Waals surface area contributed by atoms with Crippen molar-refractivity contribution in [3.63, 3.8) is 0 Å². The summed E-state index contributed by atoms with van der Waals surface area (Å²) >= 11 is 3.40. The first-order chi connectivity index (χ1) is 6.25. The Labute approximate surface area is 85.2 Å². The van der Waals surface area contributed by atoms with Crippen molar-refractivity contribution in [3.05, 3.63) is 22.3 Å². The molecule has 0 unspecified atom stereocenters. The minimum absolute atomic E-state index is 0.173. The number of hydrogen-bond acceptors (Lipinski definition) is 3. The summed E-state index contributed by atoms with van der Waals surface area (Å²) in [5.74, 6) is 0.652. The molecule has 0 amide bonds. The largest absolute Gasteiger partial charge is 0.469 e. The second kappa shape index (κ2) is 3.64. The highest BCUT2D eigenvalue weighted by Gasteiger charge is 2.21. The Morgan fingerprint density at radius 2 is 2.38 bits per heavy atom. The number of nitrogens with zero attached hydrogens (tertiary/aromatic N) is 1. The van der Waals surface area contributed by atoms with Crippen LogP contribution in [0.5, 0.6) is 5.88 Å². The van der Waals surface area contributed by atoms with Gasteiger partial charge in [-0.3, -0.25) is 0 Å². The quantitative estimate of drug-likeness (QED) is 0.796. The highest BCUT2D eigenvalue weighted by molar-refractivity contribution is 9.10. The molecule has 1 fully saturated rings. The van der Waals surface area contributed by atoms with Crippen LogP contribution in [0.15, 0.2) is 16.7 Å². The normalized spacial score (nSPS) is 16.8. The Kier molecular flexibility index (Phi) is 2.51. The van der Waals surface area contributed by atoms with Gasteiger partial charge in [-0.25, -0.2) is 4.98 Å². The van der Waals surface area contributed by atoms with E-state index in [4.69, 9.17) is 9.47 Å². The van der Waals surface area contributed by atoms with Crippen LogP contribution in [0.4, 0.5) is 0 Å². The summed E-state index contributed by atoms with van der Waals surface area (Å²) in [5.41, 5.74) is 1.11. The van der Waals surface area contributed by atoms with Crippen LogP contribution < -0.4 is 4.74 Å². The monoisotopic (exact) mass is 243 g/mol. The third-order valence-corrected chi connectivity index (χ3v) is 2.40. The summed E-state index contributed by atoms with van der Waals surface area (Å²) < 4.78 is 11.5. The molecule has 0 atom stereocenters. The molecule has 13 heavy (non-hydrogen) atoms. The summed E-state index contributed by atoms with van der Waals surface area (Å²) in [6.45, 7) is 3.33. The van der Waals surface area contributed by atoms with E-state index in [9.17, 15) is 0 Å². The molecule has 0 saturated carbocycles. The lowest BCUT2D eigenvalue weighted by atomic mass is 10.3. The van der Waals surface area contributed by atoms with Gasteiger partial charge in [0, 0.05) is 6.20 Å². The van der Waals surface area contributed by atoms with Gasteiger partial charge >= 0.3 is 0 Å². The van der Waals surface area contributed by atoms with E-state index in [0.717, 1.165) is 10.0 Å². The standard InChI is InChI=1S/C9H10BrNO2/c1-6-2-8(10)9(11-3-6)13-7-4-12-5-7/h2-3,7H,4-5H2,1H3. The SMILES string of the molecule is Cc1cnc(OC2COC2)c(Br)c1. The molecule has 70 valence electrons. The van der Waals surface area contributed by atoms with Gasteiger partial charge in [-0.1, -0.05) is 0 Å². The predicted octanol–water partition coefficient (Wildman–Crippen LogP) is 1.93. The number of rotatable bonds is 2. The molecule has 1 aliphatic rings. The highest BCUT2D eigenvalue weighted by Crippen LogP contribution is 2.24. The Balaban J connectivity index is 2.10. The zero-order chi connectivity index (χ0) is 9.26. The predicted molar refractivity (Wildman–Crippen MR) is 51.9 cm³/mol. The van der Waals surface area contributed by atoms with Crippen molar-refractivity contribution in [3.8, 4) is 5.88 Å². The third kappa shape index (κ3) is 2.00. The highest BCUT2D eigenvalue weighted by atomic mass is 79.9. The van der Waals surface area contributed by atoms with E-state index >= 15 is 0 Å². The van der Waals surface area contributed by atoms with Crippen molar-refractivity contribution in [2.24, 2.45) is 0 Å². The number of halogens is 1. The van der Waals surface area contributed by atoms with E-state index in [2.05, 4.69) is 20.9 Å². The number of aryl methyl sites for hydroxylation is 1. The minimum Gasteiger partial charge on any atom is -0.469 e. The van der Waals surface area contributed by atoms with Gasteiger partial charge < -0.3 is 9.47 Å². The molecule has 4 heteroatoms. The van der Waals surface area contributed by atoms with E-state index in [1.807, 2.05) is 13.0 Å². The van der Waals surface area contributed by atoms with Crippen molar-refractivity contribution < 1.29 is 9.47 Å². The second-order valence-electron chi connectivity index (χ2n) is 3.08. The van der Waals surface area contributed by atoms with Crippen molar-refractivity contribution in [2.45, 2.75) is 13.0 Å². The molecule has 1 aromatic rings. The molecular formula is C9H10BrNO2. The van der Waals surface area contributed by atoms with E-state index in [1.54, 1.807) is 6.20 Å². The van der Waals surface area contributed by atoms with Crippen LogP contribution in [-0.4, -0.2) is 24.3 Å². The van der Waals surface area contributed by atoms with Crippen LogP contribution in [0.3, 0.4) is 0 Å². The van der Waals surface area contributed by atoms with Gasteiger partial charge in [0.15, 0.2) is 0 Å². The van der Waals surface area contributed by atoms with Crippen LogP contribution in [0, 0.1) is 6.92 Å². The number of hydrogen-bond donors (Lipinski definition) is 0. The molecule has 1 aromatic heterocycles. The maximum absolute atomic E-state index is 5.55. The van der Waals surface area contributed by atoms with Gasteiger partial charge in [0.1, 0.15) is 6.10 Å². The molecular weight excluding hydrogens is 234 g/mol. The van der Waals surface area contributed by atoms with Crippen molar-refractivity contribution in [2.75, 3.05) is 13.2 Å². The van der Waals surface area contributed by atoms with E-state index < -0.39 is 0 Å². The first-order valence-electron chi connectivity index (χ1n) is 4.12. The molecule has 1 saturated heterocycles. The van der Waals surface area contributed by atoms with Crippen molar-refractivity contribution in [1.29, 1.82) is 0 Å². The molecule has 0 bridgehead atoms. The topological polar surface area (TPSA) is 31.4 Å². The summed E-state index contributed by atoms with van der Waals surface area (Å²) in [6, 6.07) is 1.99. The Morgan fingerprint density at radius 3 is 2.92 bits per heavy atom. The maximum Gasteiger partial charge on any atom is 0.228 e. The van der Waals surface area contributed by atoms with Gasteiger partial charge in [-0.05, 0) is 34.5 Å². The van der Waals surface area contributed by atoms with Crippen LogP contribution in [0.1, 0.15) is 5.56 Å². The Bertz CT molecular complexity index is 312. The number of pyridine rings is 1. The first kappa shape index (κ1) is 8.97. The van der Waals surface area contributed by atoms with E-state index in [0.29, 0.717) is 19.1 Å². The zero-order valence-corrected chi connectivity index (χ0v) is 8.87. The van der Waals surface area contributed by atoms with Crippen LogP contribution >= 0.6 is 15.9 Å². The maximum atomic E-state index is 5.55. The summed E-state index contributed by atoms with van der Waals surface area (Å²) in [7, 11) is 0. The van der Waals surface area contributed by atoms with Gasteiger partial charge in [0.25, 0.3) is 0 Å². The molecule has 2 heterocycles. The fourth-order valence-corrected chi connectivity index (χ4v) is 1.60. The lowest BCUT2D eigenvalue weighted by molar-refractivity contribution is -0.0816. The summed E-state index contributed by atoms with van der Waals surface area (Å²) in [6.07, 6.45) is 1.96. The molecule has 0 spiro atoms. The fourth-order valence-electron chi connectivity index (χ4n) is 1.05. The fraction of sp³-hybridized carbons (Fsp3) is 0.444. The van der Waals surface area contributed by atoms with Gasteiger partial charge in [-0.15, -0.1) is 0 Å². The minimum atomic E-state index is 0.173. The summed E-state index contributed by atoms with van der Waals surface area (Å²) in [5, 5.41) is 0.